The molecule has 2 aromatic carbocycles. The molecular formula is C22H25N5O. The number of fused-ring (bicyclic) bond motifs is 2. The Kier molecular flexibility index (Phi) is 5.21. The van der Waals surface area contributed by atoms with Crippen molar-refractivity contribution in [1.82, 2.24) is 19.9 Å². The zero-order valence-corrected chi connectivity index (χ0v) is 16.4. The monoisotopic (exact) mass is 375 g/mol. The quantitative estimate of drug-likeness (QED) is 0.687. The fourth-order valence-electron chi connectivity index (χ4n) is 3.63. The highest BCUT2D eigenvalue weighted by atomic mass is 16.2. The van der Waals surface area contributed by atoms with Gasteiger partial charge in [0.15, 0.2) is 0 Å². The summed E-state index contributed by atoms with van der Waals surface area (Å²) in [5, 5.41) is 8.38. The zero-order valence-electron chi connectivity index (χ0n) is 16.4. The predicted molar refractivity (Wildman–Crippen MR) is 109 cm³/mol. The second kappa shape index (κ2) is 7.94. The first-order valence-electron chi connectivity index (χ1n) is 9.72. The van der Waals surface area contributed by atoms with Crippen molar-refractivity contribution in [2.45, 2.75) is 32.9 Å². The molecule has 2 heterocycles. The van der Waals surface area contributed by atoms with E-state index < -0.39 is 0 Å². The Bertz CT molecular complexity index is 933. The fourth-order valence-corrected chi connectivity index (χ4v) is 3.63. The van der Waals surface area contributed by atoms with Gasteiger partial charge >= 0.3 is 0 Å². The first-order chi connectivity index (χ1) is 13.7. The summed E-state index contributed by atoms with van der Waals surface area (Å²) in [6.45, 7) is 3.92. The van der Waals surface area contributed by atoms with E-state index in [-0.39, 0.29) is 12.5 Å². The summed E-state index contributed by atoms with van der Waals surface area (Å²) in [7, 11) is 2.04. The van der Waals surface area contributed by atoms with Crippen molar-refractivity contribution >= 4 is 17.3 Å². The SMILES string of the molecule is CCN(C)Cc1cn(CC(=O)N2c3ccccc3CCc3ccccc32)nn1. The van der Waals surface area contributed by atoms with Gasteiger partial charge in [-0.15, -0.1) is 5.10 Å². The number of hydrogen-bond donors (Lipinski definition) is 0. The van der Waals surface area contributed by atoms with Gasteiger partial charge in [0, 0.05) is 6.54 Å². The summed E-state index contributed by atoms with van der Waals surface area (Å²) in [5.74, 6) is -0.0119. The molecular weight excluding hydrogens is 350 g/mol. The Morgan fingerprint density at radius 2 is 1.64 bits per heavy atom. The normalized spacial score (nSPS) is 13.2. The molecule has 0 aliphatic carbocycles. The summed E-state index contributed by atoms with van der Waals surface area (Å²) >= 11 is 0. The van der Waals surface area contributed by atoms with Crippen molar-refractivity contribution in [3.63, 3.8) is 0 Å². The van der Waals surface area contributed by atoms with Crippen LogP contribution >= 0.6 is 0 Å². The Morgan fingerprint density at radius 3 is 2.25 bits per heavy atom. The standard InChI is InChI=1S/C22H25N5O/c1-3-25(2)14-19-15-26(24-23-19)16-22(28)27-20-10-6-4-8-17(20)12-13-18-9-5-7-11-21(18)27/h4-11,15H,3,12-14,16H2,1-2H3. The van der Waals surface area contributed by atoms with Gasteiger partial charge in [0.05, 0.1) is 23.3 Å². The van der Waals surface area contributed by atoms with Crippen molar-refractivity contribution < 1.29 is 4.79 Å². The third-order valence-corrected chi connectivity index (χ3v) is 5.23. The first-order valence-corrected chi connectivity index (χ1v) is 9.72. The molecule has 0 atom stereocenters. The summed E-state index contributed by atoms with van der Waals surface area (Å²) < 4.78 is 1.64. The number of rotatable bonds is 5. The molecule has 0 fully saturated rings. The number of aromatic nitrogens is 3. The Balaban J connectivity index is 1.64. The second-order valence-corrected chi connectivity index (χ2v) is 7.22. The molecule has 0 bridgehead atoms. The summed E-state index contributed by atoms with van der Waals surface area (Å²) in [6, 6.07) is 16.3. The maximum Gasteiger partial charge on any atom is 0.253 e. The van der Waals surface area contributed by atoms with Gasteiger partial charge in [-0.25, -0.2) is 4.68 Å². The molecule has 0 radical (unpaired) electrons. The number of aryl methyl sites for hydroxylation is 2. The van der Waals surface area contributed by atoms with E-state index in [1.165, 1.54) is 11.1 Å². The molecule has 144 valence electrons. The zero-order chi connectivity index (χ0) is 19.5. The summed E-state index contributed by atoms with van der Waals surface area (Å²) in [6.07, 6.45) is 3.71. The number of benzene rings is 2. The van der Waals surface area contributed by atoms with Gasteiger partial charge < -0.3 is 4.90 Å². The highest BCUT2D eigenvalue weighted by molar-refractivity contribution is 6.02. The number of amides is 1. The molecule has 6 heteroatoms. The van der Waals surface area contributed by atoms with Crippen LogP contribution in [0.4, 0.5) is 11.4 Å². The van der Waals surface area contributed by atoms with Crippen LogP contribution in [0.15, 0.2) is 54.7 Å². The number of anilines is 2. The Labute approximate surface area is 165 Å². The van der Waals surface area contributed by atoms with E-state index in [2.05, 4.69) is 34.3 Å². The van der Waals surface area contributed by atoms with Gasteiger partial charge in [-0.3, -0.25) is 9.69 Å². The molecule has 4 rings (SSSR count). The van der Waals surface area contributed by atoms with Crippen LogP contribution in [0.3, 0.4) is 0 Å². The summed E-state index contributed by atoms with van der Waals surface area (Å²) in [5.41, 5.74) is 5.17. The fraction of sp³-hybridized carbons (Fsp3) is 0.318. The van der Waals surface area contributed by atoms with Crippen molar-refractivity contribution in [3.05, 3.63) is 71.5 Å². The number of carbonyl (C=O) groups excluding carboxylic acids is 1. The van der Waals surface area contributed by atoms with Gasteiger partial charge in [0.1, 0.15) is 6.54 Å². The van der Waals surface area contributed by atoms with Gasteiger partial charge in [-0.1, -0.05) is 48.5 Å². The van der Waals surface area contributed by atoms with Crippen LogP contribution in [-0.2, 0) is 30.7 Å². The van der Waals surface area contributed by atoms with E-state index >= 15 is 0 Å². The largest absolute Gasteiger partial charge is 0.301 e. The first kappa shape index (κ1) is 18.4. The molecule has 3 aromatic rings. The van der Waals surface area contributed by atoms with Crippen LogP contribution in [0.2, 0.25) is 0 Å². The van der Waals surface area contributed by atoms with Crippen LogP contribution in [0.25, 0.3) is 0 Å². The minimum absolute atomic E-state index is 0.0119. The molecule has 1 aliphatic rings. The lowest BCUT2D eigenvalue weighted by atomic mass is 10.0. The maximum absolute atomic E-state index is 13.4. The number of nitrogens with zero attached hydrogens (tertiary/aromatic N) is 5. The molecule has 6 nitrogen and oxygen atoms in total. The molecule has 1 aliphatic heterocycles. The average molecular weight is 375 g/mol. The molecule has 0 saturated heterocycles. The van der Waals surface area contributed by atoms with Gasteiger partial charge in [0.2, 0.25) is 0 Å². The molecule has 1 aromatic heterocycles. The van der Waals surface area contributed by atoms with Crippen molar-refractivity contribution in [3.8, 4) is 0 Å². The van der Waals surface area contributed by atoms with Crippen LogP contribution in [0, 0.1) is 0 Å². The molecule has 28 heavy (non-hydrogen) atoms. The highest BCUT2D eigenvalue weighted by Crippen LogP contribution is 2.36. The molecule has 0 N–H and O–H groups in total. The lowest BCUT2D eigenvalue weighted by Crippen LogP contribution is -2.30. The second-order valence-electron chi connectivity index (χ2n) is 7.22. The van der Waals surface area contributed by atoms with Gasteiger partial charge in [-0.2, -0.15) is 0 Å². The molecule has 0 unspecified atom stereocenters. The third kappa shape index (κ3) is 3.68. The highest BCUT2D eigenvalue weighted by Gasteiger charge is 2.25. The van der Waals surface area contributed by atoms with Crippen LogP contribution in [0.1, 0.15) is 23.7 Å². The van der Waals surface area contributed by atoms with E-state index in [1.54, 1.807) is 4.68 Å². The summed E-state index contributed by atoms with van der Waals surface area (Å²) in [4.78, 5) is 17.4. The average Bonchev–Trinajstić information content (AvgIpc) is 3.06. The third-order valence-electron chi connectivity index (χ3n) is 5.23. The lowest BCUT2D eigenvalue weighted by molar-refractivity contribution is -0.118. The Morgan fingerprint density at radius 1 is 1.04 bits per heavy atom. The van der Waals surface area contributed by atoms with Crippen molar-refractivity contribution in [2.75, 3.05) is 18.5 Å². The topological polar surface area (TPSA) is 54.3 Å². The predicted octanol–water partition coefficient (Wildman–Crippen LogP) is 3.19. The van der Waals surface area contributed by atoms with Crippen LogP contribution in [0.5, 0.6) is 0 Å². The minimum Gasteiger partial charge on any atom is -0.301 e. The smallest absolute Gasteiger partial charge is 0.253 e. The van der Waals surface area contributed by atoms with E-state index in [0.29, 0.717) is 0 Å². The molecule has 1 amide bonds. The van der Waals surface area contributed by atoms with E-state index in [4.69, 9.17) is 0 Å². The van der Waals surface area contributed by atoms with E-state index in [0.717, 1.165) is 43.0 Å². The van der Waals surface area contributed by atoms with Crippen LogP contribution < -0.4 is 4.90 Å². The van der Waals surface area contributed by atoms with Crippen molar-refractivity contribution in [1.29, 1.82) is 0 Å². The molecule has 0 spiro atoms. The van der Waals surface area contributed by atoms with Crippen LogP contribution in [-0.4, -0.2) is 39.4 Å². The van der Waals surface area contributed by atoms with E-state index in [1.807, 2.05) is 54.5 Å². The van der Waals surface area contributed by atoms with E-state index in [9.17, 15) is 4.79 Å². The minimum atomic E-state index is -0.0119. The molecule has 0 saturated carbocycles. The van der Waals surface area contributed by atoms with Gasteiger partial charge in [-0.05, 0) is 49.7 Å². The number of carbonyl (C=O) groups is 1. The van der Waals surface area contributed by atoms with Gasteiger partial charge in [0.25, 0.3) is 5.91 Å². The number of hydrogen-bond acceptors (Lipinski definition) is 4. The van der Waals surface area contributed by atoms with Crippen molar-refractivity contribution in [2.24, 2.45) is 0 Å². The Hall–Kier alpha value is -2.99. The number of para-hydroxylation sites is 2. The lowest BCUT2D eigenvalue weighted by Gasteiger charge is -2.24. The maximum atomic E-state index is 13.4.